The Bertz CT molecular complexity index is 783. The molecule has 166 valence electrons. The van der Waals surface area contributed by atoms with Crippen molar-refractivity contribution in [3.63, 3.8) is 0 Å². The predicted molar refractivity (Wildman–Crippen MR) is 143 cm³/mol. The SMILES string of the molecule is Cc1cc(C)c(N(CCN(c2c(C)cc(C)cc2C)[Si](C)(C)C)[Si](C)(C)C)c(C)c1. The van der Waals surface area contributed by atoms with Gasteiger partial charge in [-0.1, -0.05) is 74.7 Å². The summed E-state index contributed by atoms with van der Waals surface area (Å²) in [6, 6.07) is 9.39. The molecule has 0 aliphatic carbocycles. The predicted octanol–water partition coefficient (Wildman–Crippen LogP) is 7.52. The van der Waals surface area contributed by atoms with Crippen molar-refractivity contribution in [1.82, 2.24) is 0 Å². The number of anilines is 2. The van der Waals surface area contributed by atoms with Crippen LogP contribution in [0, 0.1) is 41.5 Å². The van der Waals surface area contributed by atoms with Gasteiger partial charge in [0.25, 0.3) is 0 Å². The second-order valence-corrected chi connectivity index (χ2v) is 20.9. The van der Waals surface area contributed by atoms with Crippen molar-refractivity contribution in [2.45, 2.75) is 80.8 Å². The Morgan fingerprint density at radius 3 is 0.933 bits per heavy atom. The Kier molecular flexibility index (Phi) is 7.35. The van der Waals surface area contributed by atoms with Crippen molar-refractivity contribution in [3.05, 3.63) is 57.6 Å². The van der Waals surface area contributed by atoms with Crippen molar-refractivity contribution >= 4 is 27.8 Å². The molecule has 0 amide bonds. The molecule has 0 atom stereocenters. The summed E-state index contributed by atoms with van der Waals surface area (Å²) >= 11 is 0. The van der Waals surface area contributed by atoms with Crippen LogP contribution in [0.3, 0.4) is 0 Å². The quantitative estimate of drug-likeness (QED) is 0.411. The summed E-state index contributed by atoms with van der Waals surface area (Å²) in [6.07, 6.45) is 0. The zero-order chi connectivity index (χ0) is 23.0. The highest BCUT2D eigenvalue weighted by molar-refractivity contribution is 6.80. The molecule has 0 aliphatic heterocycles. The van der Waals surface area contributed by atoms with Crippen LogP contribution in [0.4, 0.5) is 11.4 Å². The van der Waals surface area contributed by atoms with Gasteiger partial charge in [0.1, 0.15) is 16.5 Å². The average Bonchev–Trinajstić information content (AvgIpc) is 2.51. The Morgan fingerprint density at radius 1 is 0.500 bits per heavy atom. The molecule has 0 N–H and O–H groups in total. The second kappa shape index (κ2) is 8.92. The maximum atomic E-state index is 2.77. The third kappa shape index (κ3) is 5.58. The van der Waals surface area contributed by atoms with E-state index < -0.39 is 16.5 Å². The molecule has 0 unspecified atom stereocenters. The first-order valence-electron chi connectivity index (χ1n) is 11.3. The van der Waals surface area contributed by atoms with Gasteiger partial charge in [0.2, 0.25) is 0 Å². The van der Waals surface area contributed by atoms with E-state index in [1.807, 2.05) is 0 Å². The topological polar surface area (TPSA) is 6.48 Å². The van der Waals surface area contributed by atoms with Crippen LogP contribution < -0.4 is 9.13 Å². The smallest absolute Gasteiger partial charge is 0.147 e. The molecule has 0 aromatic heterocycles. The largest absolute Gasteiger partial charge is 0.396 e. The lowest BCUT2D eigenvalue weighted by atomic mass is 10.0. The molecule has 0 radical (unpaired) electrons. The van der Waals surface area contributed by atoms with E-state index >= 15 is 0 Å². The van der Waals surface area contributed by atoms with Gasteiger partial charge in [0.05, 0.1) is 0 Å². The number of hydrogen-bond acceptors (Lipinski definition) is 2. The molecule has 4 heteroatoms. The lowest BCUT2D eigenvalue weighted by Gasteiger charge is -2.44. The van der Waals surface area contributed by atoms with Gasteiger partial charge in [-0.05, 0) is 63.8 Å². The minimum Gasteiger partial charge on any atom is -0.396 e. The van der Waals surface area contributed by atoms with Gasteiger partial charge in [0, 0.05) is 24.5 Å². The molecular weight excluding hydrogens is 396 g/mol. The Hall–Kier alpha value is -1.53. The van der Waals surface area contributed by atoms with Crippen LogP contribution in [0.25, 0.3) is 0 Å². The van der Waals surface area contributed by atoms with Gasteiger partial charge in [-0.3, -0.25) is 0 Å². The van der Waals surface area contributed by atoms with Crippen molar-refractivity contribution < 1.29 is 0 Å². The number of benzene rings is 2. The van der Waals surface area contributed by atoms with Crippen LogP contribution in [0.2, 0.25) is 39.3 Å². The number of aryl methyl sites for hydroxylation is 6. The molecule has 2 aromatic carbocycles. The van der Waals surface area contributed by atoms with E-state index in [2.05, 4.69) is 114 Å². The highest BCUT2D eigenvalue weighted by Gasteiger charge is 2.31. The summed E-state index contributed by atoms with van der Waals surface area (Å²) in [5, 5.41) is 0. The molecular formula is C26H44N2Si2. The van der Waals surface area contributed by atoms with Gasteiger partial charge in [-0.25, -0.2) is 0 Å². The fourth-order valence-corrected chi connectivity index (χ4v) is 8.55. The van der Waals surface area contributed by atoms with Gasteiger partial charge >= 0.3 is 0 Å². The third-order valence-electron chi connectivity index (χ3n) is 5.98. The maximum Gasteiger partial charge on any atom is 0.147 e. The van der Waals surface area contributed by atoms with E-state index in [1.54, 1.807) is 0 Å². The van der Waals surface area contributed by atoms with E-state index in [9.17, 15) is 0 Å². The standard InChI is InChI=1S/C26H44N2Si2/c1-19-15-21(3)25(22(4)16-19)27(29(7,8)9)13-14-28(30(10,11)12)26-23(5)17-20(2)18-24(26)6/h15-18H,13-14H2,1-12H3. The van der Waals surface area contributed by atoms with E-state index in [0.29, 0.717) is 0 Å². The highest BCUT2D eigenvalue weighted by Crippen LogP contribution is 2.33. The van der Waals surface area contributed by atoms with Crippen molar-refractivity contribution in [3.8, 4) is 0 Å². The highest BCUT2D eigenvalue weighted by atomic mass is 28.3. The lowest BCUT2D eigenvalue weighted by Crippen LogP contribution is -2.54. The summed E-state index contributed by atoms with van der Waals surface area (Å²) < 4.78 is 5.53. The summed E-state index contributed by atoms with van der Waals surface area (Å²) in [4.78, 5) is 0. The lowest BCUT2D eigenvalue weighted by molar-refractivity contribution is 0.902. The van der Waals surface area contributed by atoms with Crippen LogP contribution in [0.5, 0.6) is 0 Å². The van der Waals surface area contributed by atoms with Crippen molar-refractivity contribution in [1.29, 1.82) is 0 Å². The molecule has 0 bridgehead atoms. The van der Waals surface area contributed by atoms with Crippen LogP contribution in [0.1, 0.15) is 33.4 Å². The van der Waals surface area contributed by atoms with Crippen LogP contribution in [0.15, 0.2) is 24.3 Å². The number of nitrogens with zero attached hydrogens (tertiary/aromatic N) is 2. The number of rotatable bonds is 7. The van der Waals surface area contributed by atoms with Crippen molar-refractivity contribution in [2.75, 3.05) is 22.2 Å². The normalized spacial score (nSPS) is 12.3. The van der Waals surface area contributed by atoms with Crippen LogP contribution >= 0.6 is 0 Å². The van der Waals surface area contributed by atoms with E-state index in [-0.39, 0.29) is 0 Å². The second-order valence-electron chi connectivity index (χ2n) is 11.1. The number of hydrogen-bond donors (Lipinski definition) is 0. The first kappa shape index (κ1) is 24.7. The molecule has 0 heterocycles. The first-order chi connectivity index (χ1) is 13.6. The molecule has 0 spiro atoms. The van der Waals surface area contributed by atoms with Gasteiger partial charge in [0.15, 0.2) is 0 Å². The fourth-order valence-electron chi connectivity index (χ4n) is 4.96. The molecule has 0 saturated heterocycles. The Morgan fingerprint density at radius 2 is 0.733 bits per heavy atom. The molecule has 0 saturated carbocycles. The fraction of sp³-hybridized carbons (Fsp3) is 0.538. The van der Waals surface area contributed by atoms with Gasteiger partial charge < -0.3 is 9.13 Å². The average molecular weight is 441 g/mol. The van der Waals surface area contributed by atoms with E-state index in [4.69, 9.17) is 0 Å². The molecule has 0 fully saturated rings. The zero-order valence-electron chi connectivity index (χ0n) is 21.6. The maximum absolute atomic E-state index is 2.77. The van der Waals surface area contributed by atoms with E-state index in [0.717, 1.165) is 13.1 Å². The zero-order valence-corrected chi connectivity index (χ0v) is 23.6. The summed E-state index contributed by atoms with van der Waals surface area (Å²) in [5.41, 5.74) is 11.3. The molecule has 0 aliphatic rings. The van der Waals surface area contributed by atoms with Crippen LogP contribution in [-0.2, 0) is 0 Å². The third-order valence-corrected chi connectivity index (χ3v) is 10.1. The molecule has 2 rings (SSSR count). The summed E-state index contributed by atoms with van der Waals surface area (Å²) in [6.45, 7) is 30.6. The Balaban J connectivity index is 2.49. The van der Waals surface area contributed by atoms with E-state index in [1.165, 1.54) is 44.8 Å². The summed E-state index contributed by atoms with van der Waals surface area (Å²) in [5.74, 6) is 0. The van der Waals surface area contributed by atoms with Gasteiger partial charge in [-0.15, -0.1) is 0 Å². The minimum absolute atomic E-state index is 1.08. The van der Waals surface area contributed by atoms with Crippen molar-refractivity contribution in [2.24, 2.45) is 0 Å². The van der Waals surface area contributed by atoms with Gasteiger partial charge in [-0.2, -0.15) is 0 Å². The first-order valence-corrected chi connectivity index (χ1v) is 18.2. The monoisotopic (exact) mass is 440 g/mol. The summed E-state index contributed by atoms with van der Waals surface area (Å²) in [7, 11) is -3.10. The molecule has 30 heavy (non-hydrogen) atoms. The van der Waals surface area contributed by atoms with Crippen LogP contribution in [-0.4, -0.2) is 29.6 Å². The Labute approximate surface area is 188 Å². The molecule has 2 nitrogen and oxygen atoms in total. The minimum atomic E-state index is -1.55. The molecule has 2 aromatic rings.